The Kier molecular flexibility index (Phi) is 16.4. The highest BCUT2D eigenvalue weighted by atomic mass is 16.3. The minimum Gasteiger partial charge on any atom is -0.387 e. The Morgan fingerprint density at radius 1 is 0.917 bits per heavy atom. The maximum absolute atomic E-state index is 11.1. The topological polar surface area (TPSA) is 49.3 Å². The van der Waals surface area contributed by atoms with Crippen molar-refractivity contribution >= 4 is 5.91 Å². The summed E-state index contributed by atoms with van der Waals surface area (Å²) < 4.78 is 0. The summed E-state index contributed by atoms with van der Waals surface area (Å²) in [4.78, 5) is 11.1. The largest absolute Gasteiger partial charge is 0.387 e. The van der Waals surface area contributed by atoms with Gasteiger partial charge in [-0.15, -0.1) is 0 Å². The Labute approximate surface area is 150 Å². The normalized spacial score (nSPS) is 14.0. The predicted octanol–water partition coefficient (Wildman–Crippen LogP) is 5.52. The number of rotatable bonds is 16. The highest BCUT2D eigenvalue weighted by molar-refractivity contribution is 5.73. The molecule has 1 amide bonds. The SMILES string of the molecule is CCCCCCCCCCCCC/C=C\C(O)C(CC)NC(C)=O. The molecular formula is C21H41NO2. The van der Waals surface area contributed by atoms with Crippen molar-refractivity contribution in [3.8, 4) is 0 Å². The molecule has 0 saturated heterocycles. The molecule has 2 unspecified atom stereocenters. The van der Waals surface area contributed by atoms with E-state index in [2.05, 4.69) is 18.3 Å². The molecule has 3 nitrogen and oxygen atoms in total. The zero-order valence-electron chi connectivity index (χ0n) is 16.4. The number of allylic oxidation sites excluding steroid dienone is 1. The van der Waals surface area contributed by atoms with Crippen LogP contribution in [0.5, 0.6) is 0 Å². The lowest BCUT2D eigenvalue weighted by molar-refractivity contribution is -0.120. The molecule has 3 heteroatoms. The van der Waals surface area contributed by atoms with E-state index in [1.807, 2.05) is 13.0 Å². The van der Waals surface area contributed by atoms with Crippen LogP contribution >= 0.6 is 0 Å². The molecule has 24 heavy (non-hydrogen) atoms. The van der Waals surface area contributed by atoms with Gasteiger partial charge in [0.2, 0.25) is 5.91 Å². The number of carbonyl (C=O) groups excluding carboxylic acids is 1. The van der Waals surface area contributed by atoms with E-state index in [1.165, 1.54) is 77.6 Å². The summed E-state index contributed by atoms with van der Waals surface area (Å²) in [6.45, 7) is 5.73. The Morgan fingerprint density at radius 2 is 1.42 bits per heavy atom. The summed E-state index contributed by atoms with van der Waals surface area (Å²) in [5, 5.41) is 12.8. The zero-order valence-corrected chi connectivity index (χ0v) is 16.4. The summed E-state index contributed by atoms with van der Waals surface area (Å²) in [5.74, 6) is -0.0836. The Morgan fingerprint density at radius 3 is 1.88 bits per heavy atom. The lowest BCUT2D eigenvalue weighted by Crippen LogP contribution is -2.40. The van der Waals surface area contributed by atoms with Gasteiger partial charge in [-0.3, -0.25) is 4.79 Å². The van der Waals surface area contributed by atoms with Gasteiger partial charge in [0.25, 0.3) is 0 Å². The number of amides is 1. The Bertz CT molecular complexity index is 315. The summed E-state index contributed by atoms with van der Waals surface area (Å²) in [5.41, 5.74) is 0. The fourth-order valence-electron chi connectivity index (χ4n) is 2.99. The van der Waals surface area contributed by atoms with Gasteiger partial charge in [0, 0.05) is 6.92 Å². The molecule has 0 aromatic carbocycles. The van der Waals surface area contributed by atoms with Crippen LogP contribution in [0.3, 0.4) is 0 Å². The van der Waals surface area contributed by atoms with E-state index in [0.29, 0.717) is 0 Å². The Balaban J connectivity index is 3.47. The van der Waals surface area contributed by atoms with Crippen molar-refractivity contribution in [1.82, 2.24) is 5.32 Å². The van der Waals surface area contributed by atoms with Gasteiger partial charge in [-0.25, -0.2) is 0 Å². The average molecular weight is 340 g/mol. The van der Waals surface area contributed by atoms with Gasteiger partial charge in [-0.05, 0) is 19.3 Å². The standard InChI is InChI=1S/C21H41NO2/c1-4-6-7-8-9-10-11-12-13-14-15-16-17-18-21(24)20(5-2)22-19(3)23/h17-18,20-21,24H,4-16H2,1-3H3,(H,22,23)/b18-17-. The number of aliphatic hydroxyl groups excluding tert-OH is 1. The summed E-state index contributed by atoms with van der Waals surface area (Å²) in [7, 11) is 0. The molecule has 2 N–H and O–H groups in total. The van der Waals surface area contributed by atoms with Gasteiger partial charge in [0.1, 0.15) is 0 Å². The van der Waals surface area contributed by atoms with Crippen LogP contribution in [-0.4, -0.2) is 23.2 Å². The van der Waals surface area contributed by atoms with E-state index in [4.69, 9.17) is 0 Å². The zero-order chi connectivity index (χ0) is 18.0. The molecule has 2 atom stereocenters. The van der Waals surface area contributed by atoms with Gasteiger partial charge in [0.05, 0.1) is 12.1 Å². The van der Waals surface area contributed by atoms with E-state index >= 15 is 0 Å². The second kappa shape index (κ2) is 17.0. The van der Waals surface area contributed by atoms with Gasteiger partial charge in [-0.1, -0.05) is 90.2 Å². The molecule has 0 aromatic heterocycles. The molecule has 0 radical (unpaired) electrons. The number of unbranched alkanes of at least 4 members (excludes halogenated alkanes) is 11. The van der Waals surface area contributed by atoms with Crippen LogP contribution in [0.1, 0.15) is 104 Å². The van der Waals surface area contributed by atoms with Gasteiger partial charge in [-0.2, -0.15) is 0 Å². The minimum atomic E-state index is -0.577. The first-order valence-electron chi connectivity index (χ1n) is 10.2. The first kappa shape index (κ1) is 23.2. The summed E-state index contributed by atoms with van der Waals surface area (Å²) >= 11 is 0. The van der Waals surface area contributed by atoms with Crippen LogP contribution in [-0.2, 0) is 4.79 Å². The van der Waals surface area contributed by atoms with Crippen LogP contribution in [0.4, 0.5) is 0 Å². The molecule has 0 aromatic rings. The molecular weight excluding hydrogens is 298 g/mol. The van der Waals surface area contributed by atoms with Crippen molar-refractivity contribution in [2.45, 2.75) is 116 Å². The maximum Gasteiger partial charge on any atom is 0.217 e. The molecule has 0 bridgehead atoms. The minimum absolute atomic E-state index is 0.0836. The summed E-state index contributed by atoms with van der Waals surface area (Å²) in [6.07, 6.45) is 20.0. The quantitative estimate of drug-likeness (QED) is 0.287. The van der Waals surface area contributed by atoms with Crippen LogP contribution in [0.2, 0.25) is 0 Å². The molecule has 0 aliphatic heterocycles. The molecule has 0 aliphatic carbocycles. The van der Waals surface area contributed by atoms with E-state index < -0.39 is 6.10 Å². The van der Waals surface area contributed by atoms with Crippen molar-refractivity contribution in [2.75, 3.05) is 0 Å². The van der Waals surface area contributed by atoms with Crippen molar-refractivity contribution in [3.63, 3.8) is 0 Å². The smallest absolute Gasteiger partial charge is 0.217 e. The number of nitrogens with one attached hydrogen (secondary N) is 1. The van der Waals surface area contributed by atoms with Crippen molar-refractivity contribution in [2.24, 2.45) is 0 Å². The molecule has 0 aliphatic rings. The van der Waals surface area contributed by atoms with Gasteiger partial charge in [0.15, 0.2) is 0 Å². The third-order valence-corrected chi connectivity index (χ3v) is 4.55. The second-order valence-electron chi connectivity index (χ2n) is 6.96. The van der Waals surface area contributed by atoms with E-state index in [9.17, 15) is 9.90 Å². The Hall–Kier alpha value is -0.830. The third-order valence-electron chi connectivity index (χ3n) is 4.55. The molecule has 142 valence electrons. The molecule has 0 spiro atoms. The molecule has 0 rings (SSSR count). The second-order valence-corrected chi connectivity index (χ2v) is 6.96. The predicted molar refractivity (Wildman–Crippen MR) is 104 cm³/mol. The molecule has 0 fully saturated rings. The van der Waals surface area contributed by atoms with Crippen molar-refractivity contribution < 1.29 is 9.90 Å². The summed E-state index contributed by atoms with van der Waals surface area (Å²) in [6, 6.07) is -0.170. The first-order chi connectivity index (χ1) is 11.6. The van der Waals surface area contributed by atoms with Crippen molar-refractivity contribution in [3.05, 3.63) is 12.2 Å². The number of hydrogen-bond acceptors (Lipinski definition) is 2. The van der Waals surface area contributed by atoms with Crippen LogP contribution in [0.25, 0.3) is 0 Å². The van der Waals surface area contributed by atoms with Gasteiger partial charge < -0.3 is 10.4 Å². The lowest BCUT2D eigenvalue weighted by atomic mass is 10.0. The van der Waals surface area contributed by atoms with E-state index in [0.717, 1.165) is 12.8 Å². The van der Waals surface area contributed by atoms with Crippen molar-refractivity contribution in [1.29, 1.82) is 0 Å². The fourth-order valence-corrected chi connectivity index (χ4v) is 2.99. The molecule has 0 saturated carbocycles. The third kappa shape index (κ3) is 14.7. The number of carbonyl (C=O) groups is 1. The highest BCUT2D eigenvalue weighted by Gasteiger charge is 2.14. The van der Waals surface area contributed by atoms with E-state index in [-0.39, 0.29) is 11.9 Å². The fraction of sp³-hybridized carbons (Fsp3) is 0.857. The number of aliphatic hydroxyl groups is 1. The monoisotopic (exact) mass is 339 g/mol. The van der Waals surface area contributed by atoms with Crippen LogP contribution < -0.4 is 5.32 Å². The first-order valence-corrected chi connectivity index (χ1v) is 10.2. The highest BCUT2D eigenvalue weighted by Crippen LogP contribution is 2.12. The van der Waals surface area contributed by atoms with Crippen LogP contribution in [0, 0.1) is 0 Å². The molecule has 0 heterocycles. The van der Waals surface area contributed by atoms with Crippen LogP contribution in [0.15, 0.2) is 12.2 Å². The lowest BCUT2D eigenvalue weighted by Gasteiger charge is -2.19. The number of hydrogen-bond donors (Lipinski definition) is 2. The average Bonchev–Trinajstić information content (AvgIpc) is 2.56. The maximum atomic E-state index is 11.1. The van der Waals surface area contributed by atoms with Gasteiger partial charge >= 0.3 is 0 Å². The van der Waals surface area contributed by atoms with E-state index in [1.54, 1.807) is 0 Å².